The van der Waals surface area contributed by atoms with E-state index in [4.69, 9.17) is 4.74 Å². The third kappa shape index (κ3) is 3.53. The average Bonchev–Trinajstić information content (AvgIpc) is 2.01. The fourth-order valence-electron chi connectivity index (χ4n) is 1.73. The van der Waals surface area contributed by atoms with Crippen molar-refractivity contribution in [3.05, 3.63) is 0 Å². The van der Waals surface area contributed by atoms with Gasteiger partial charge in [-0.05, 0) is 11.8 Å². The minimum absolute atomic E-state index is 0. The van der Waals surface area contributed by atoms with Gasteiger partial charge in [-0.1, -0.05) is 13.8 Å². The predicted octanol–water partition coefficient (Wildman–Crippen LogP) is 1.22. The van der Waals surface area contributed by atoms with E-state index in [1.807, 2.05) is 0 Å². The van der Waals surface area contributed by atoms with Gasteiger partial charge in [-0.25, -0.2) is 0 Å². The van der Waals surface area contributed by atoms with Crippen LogP contribution in [0.25, 0.3) is 0 Å². The van der Waals surface area contributed by atoms with Gasteiger partial charge >= 0.3 is 5.97 Å². The van der Waals surface area contributed by atoms with Crippen LogP contribution in [0.2, 0.25) is 0 Å². The van der Waals surface area contributed by atoms with Crippen LogP contribution in [0.3, 0.4) is 0 Å². The van der Waals surface area contributed by atoms with Gasteiger partial charge in [0.1, 0.15) is 0 Å². The standard InChI is InChI=1S/C9H17NO2.ClH/c1-9(2)4-7(5-10-6-9)8(11)12-3;/h7,10H,4-6H2,1-3H3;1H. The van der Waals surface area contributed by atoms with Gasteiger partial charge in [0.15, 0.2) is 0 Å². The van der Waals surface area contributed by atoms with Crippen molar-refractivity contribution in [2.75, 3.05) is 20.2 Å². The normalized spacial score (nSPS) is 25.9. The summed E-state index contributed by atoms with van der Waals surface area (Å²) < 4.78 is 4.70. The van der Waals surface area contributed by atoms with Crippen LogP contribution < -0.4 is 5.32 Å². The Labute approximate surface area is 85.6 Å². The van der Waals surface area contributed by atoms with E-state index in [2.05, 4.69) is 19.2 Å². The zero-order valence-electron chi connectivity index (χ0n) is 8.42. The topological polar surface area (TPSA) is 38.3 Å². The second kappa shape index (κ2) is 4.82. The Hall–Kier alpha value is -0.280. The third-order valence-corrected chi connectivity index (χ3v) is 2.33. The summed E-state index contributed by atoms with van der Waals surface area (Å²) >= 11 is 0. The molecule has 13 heavy (non-hydrogen) atoms. The lowest BCUT2D eigenvalue weighted by atomic mass is 9.80. The Bertz CT molecular complexity index is 182. The summed E-state index contributed by atoms with van der Waals surface area (Å²) in [7, 11) is 1.45. The van der Waals surface area contributed by atoms with E-state index >= 15 is 0 Å². The summed E-state index contributed by atoms with van der Waals surface area (Å²) in [6.45, 7) is 6.07. The highest BCUT2D eigenvalue weighted by Gasteiger charge is 2.32. The van der Waals surface area contributed by atoms with Crippen molar-refractivity contribution in [2.45, 2.75) is 20.3 Å². The molecule has 0 radical (unpaired) electrons. The van der Waals surface area contributed by atoms with Gasteiger partial charge in [-0.15, -0.1) is 12.4 Å². The summed E-state index contributed by atoms with van der Waals surface area (Å²) in [6.07, 6.45) is 0.923. The largest absolute Gasteiger partial charge is 0.469 e. The lowest BCUT2D eigenvalue weighted by Crippen LogP contribution is -2.44. The van der Waals surface area contributed by atoms with E-state index in [1.54, 1.807) is 0 Å². The molecule has 4 heteroatoms. The molecule has 1 saturated heterocycles. The fourth-order valence-corrected chi connectivity index (χ4v) is 1.73. The maximum absolute atomic E-state index is 11.2. The van der Waals surface area contributed by atoms with Gasteiger partial charge in [0, 0.05) is 13.1 Å². The van der Waals surface area contributed by atoms with E-state index in [0.717, 1.165) is 19.5 Å². The number of methoxy groups -OCH3 is 1. The van der Waals surface area contributed by atoms with E-state index in [-0.39, 0.29) is 29.7 Å². The second-order valence-corrected chi connectivity index (χ2v) is 4.22. The number of rotatable bonds is 1. The number of hydrogen-bond donors (Lipinski definition) is 1. The van der Waals surface area contributed by atoms with Gasteiger partial charge < -0.3 is 10.1 Å². The van der Waals surface area contributed by atoms with Crippen LogP contribution in [0.1, 0.15) is 20.3 Å². The summed E-state index contributed by atoms with van der Waals surface area (Å²) in [5, 5.41) is 3.24. The molecule has 0 bridgehead atoms. The van der Waals surface area contributed by atoms with Crippen molar-refractivity contribution >= 4 is 18.4 Å². The van der Waals surface area contributed by atoms with Crippen molar-refractivity contribution in [1.29, 1.82) is 0 Å². The van der Waals surface area contributed by atoms with Crippen LogP contribution >= 0.6 is 12.4 Å². The molecule has 1 N–H and O–H groups in total. The number of nitrogens with one attached hydrogen (secondary N) is 1. The van der Waals surface area contributed by atoms with Crippen molar-refractivity contribution in [3.8, 4) is 0 Å². The molecule has 1 atom stereocenters. The van der Waals surface area contributed by atoms with Gasteiger partial charge in [0.2, 0.25) is 0 Å². The third-order valence-electron chi connectivity index (χ3n) is 2.33. The first-order chi connectivity index (χ1) is 5.55. The Morgan fingerprint density at radius 1 is 1.54 bits per heavy atom. The number of piperidine rings is 1. The Morgan fingerprint density at radius 3 is 2.62 bits per heavy atom. The van der Waals surface area contributed by atoms with Crippen LogP contribution in [-0.4, -0.2) is 26.2 Å². The Morgan fingerprint density at radius 2 is 2.15 bits per heavy atom. The molecule has 3 nitrogen and oxygen atoms in total. The van der Waals surface area contributed by atoms with Gasteiger partial charge in [-0.2, -0.15) is 0 Å². The van der Waals surface area contributed by atoms with E-state index in [0.29, 0.717) is 0 Å². The summed E-state index contributed by atoms with van der Waals surface area (Å²) in [5.41, 5.74) is 0.219. The minimum atomic E-state index is -0.0877. The Balaban J connectivity index is 0.00000144. The van der Waals surface area contributed by atoms with Crippen LogP contribution in [0.15, 0.2) is 0 Å². The monoisotopic (exact) mass is 207 g/mol. The number of hydrogen-bond acceptors (Lipinski definition) is 3. The smallest absolute Gasteiger partial charge is 0.309 e. The van der Waals surface area contributed by atoms with E-state index in [9.17, 15) is 4.79 Å². The predicted molar refractivity (Wildman–Crippen MR) is 54.0 cm³/mol. The highest BCUT2D eigenvalue weighted by Crippen LogP contribution is 2.28. The lowest BCUT2D eigenvalue weighted by Gasteiger charge is -2.34. The molecule has 0 spiro atoms. The zero-order chi connectivity index (χ0) is 9.19. The SMILES string of the molecule is COC(=O)C1CNCC(C)(C)C1.Cl. The van der Waals surface area contributed by atoms with Gasteiger partial charge in [0.05, 0.1) is 13.0 Å². The molecule has 0 aromatic heterocycles. The lowest BCUT2D eigenvalue weighted by molar-refractivity contribution is -0.147. The number of esters is 1. The molecule has 0 aliphatic carbocycles. The summed E-state index contributed by atoms with van der Waals surface area (Å²) in [5.74, 6) is -0.0472. The maximum Gasteiger partial charge on any atom is 0.309 e. The first-order valence-electron chi connectivity index (χ1n) is 4.34. The van der Waals surface area contributed by atoms with Gasteiger partial charge in [-0.3, -0.25) is 4.79 Å². The summed E-state index contributed by atoms with van der Waals surface area (Å²) in [6, 6.07) is 0. The molecule has 1 heterocycles. The molecule has 1 aliphatic rings. The molecule has 1 rings (SSSR count). The molecule has 0 aromatic carbocycles. The molecule has 78 valence electrons. The first-order valence-corrected chi connectivity index (χ1v) is 4.34. The highest BCUT2D eigenvalue weighted by atomic mass is 35.5. The number of carbonyl (C=O) groups excluding carboxylic acids is 1. The number of carbonyl (C=O) groups is 1. The molecule has 0 aromatic rings. The van der Waals surface area contributed by atoms with Crippen LogP contribution in [0.4, 0.5) is 0 Å². The zero-order valence-corrected chi connectivity index (χ0v) is 9.24. The molecule has 1 unspecified atom stereocenters. The molecule has 1 aliphatic heterocycles. The van der Waals surface area contributed by atoms with E-state index in [1.165, 1.54) is 7.11 Å². The van der Waals surface area contributed by atoms with Crippen molar-refractivity contribution in [2.24, 2.45) is 11.3 Å². The van der Waals surface area contributed by atoms with Gasteiger partial charge in [0.25, 0.3) is 0 Å². The van der Waals surface area contributed by atoms with E-state index < -0.39 is 0 Å². The number of halogens is 1. The molecule has 0 amide bonds. The number of ether oxygens (including phenoxy) is 1. The van der Waals surface area contributed by atoms with Crippen molar-refractivity contribution < 1.29 is 9.53 Å². The van der Waals surface area contributed by atoms with Crippen LogP contribution in [0.5, 0.6) is 0 Å². The first kappa shape index (κ1) is 12.7. The highest BCUT2D eigenvalue weighted by molar-refractivity contribution is 5.85. The minimum Gasteiger partial charge on any atom is -0.469 e. The maximum atomic E-state index is 11.2. The van der Waals surface area contributed by atoms with Crippen molar-refractivity contribution in [3.63, 3.8) is 0 Å². The molecule has 0 saturated carbocycles. The van der Waals surface area contributed by atoms with Crippen molar-refractivity contribution in [1.82, 2.24) is 5.32 Å². The average molecular weight is 208 g/mol. The Kier molecular flexibility index (Phi) is 4.71. The molecular weight excluding hydrogens is 190 g/mol. The molecular formula is C9H18ClNO2. The second-order valence-electron chi connectivity index (χ2n) is 4.22. The fraction of sp³-hybridized carbons (Fsp3) is 0.889. The quantitative estimate of drug-likeness (QED) is 0.658. The van der Waals surface area contributed by atoms with Crippen LogP contribution in [-0.2, 0) is 9.53 Å². The molecule has 1 fully saturated rings. The van der Waals surface area contributed by atoms with Crippen LogP contribution in [0, 0.1) is 11.3 Å². The summed E-state index contributed by atoms with van der Waals surface area (Å²) in [4.78, 5) is 11.2.